The van der Waals surface area contributed by atoms with Crippen molar-refractivity contribution in [3.8, 4) is 0 Å². The fourth-order valence-electron chi connectivity index (χ4n) is 1.11. The molecule has 2 rings (SSSR count). The van der Waals surface area contributed by atoms with Crippen LogP contribution in [-0.4, -0.2) is 5.12 Å². The molecule has 5 nitrogen and oxygen atoms in total. The Labute approximate surface area is 69.8 Å². The lowest BCUT2D eigenvalue weighted by Crippen LogP contribution is -2.38. The molecule has 0 bridgehead atoms. The quantitative estimate of drug-likeness (QED) is 0.477. The smallest absolute Gasteiger partial charge is 0.0925 e. The first-order chi connectivity index (χ1) is 5.90. The van der Waals surface area contributed by atoms with Crippen LogP contribution in [0.1, 0.15) is 5.56 Å². The normalized spacial score (nSPS) is 14.6. The molecule has 0 amide bonds. The van der Waals surface area contributed by atoms with Gasteiger partial charge in [0.25, 0.3) is 0 Å². The summed E-state index contributed by atoms with van der Waals surface area (Å²) in [6.45, 7) is 0.649. The summed E-state index contributed by atoms with van der Waals surface area (Å²) >= 11 is 0. The first-order valence-electron chi connectivity index (χ1n) is 3.63. The average molecular weight is 163 g/mol. The van der Waals surface area contributed by atoms with E-state index in [1.54, 1.807) is 0 Å². The molecule has 1 aromatic carbocycles. The third-order valence-corrected chi connectivity index (χ3v) is 1.72. The topological polar surface area (TPSA) is 66.0 Å². The van der Waals surface area contributed by atoms with Crippen LogP contribution < -0.4 is 11.4 Å². The molecule has 0 aromatic heterocycles. The maximum Gasteiger partial charge on any atom is 0.0925 e. The van der Waals surface area contributed by atoms with Gasteiger partial charge >= 0.3 is 0 Å². The molecule has 0 saturated heterocycles. The molecule has 5 heteroatoms. The molecule has 0 atom stereocenters. The van der Waals surface area contributed by atoms with Crippen LogP contribution in [0.2, 0.25) is 0 Å². The van der Waals surface area contributed by atoms with E-state index in [9.17, 15) is 0 Å². The maximum atomic E-state index is 5.18. The van der Waals surface area contributed by atoms with Crippen LogP contribution in [0.15, 0.2) is 34.6 Å². The summed E-state index contributed by atoms with van der Waals surface area (Å²) in [7, 11) is 0. The third-order valence-electron chi connectivity index (χ3n) is 1.72. The Hall–Kier alpha value is -1.46. The molecule has 0 fully saturated rings. The SMILES string of the molecule is NNN1Cc2ccccc2N=N1. The van der Waals surface area contributed by atoms with Crippen molar-refractivity contribution in [3.63, 3.8) is 0 Å². The number of rotatable bonds is 1. The van der Waals surface area contributed by atoms with E-state index in [-0.39, 0.29) is 0 Å². The molecule has 0 radical (unpaired) electrons. The second-order valence-corrected chi connectivity index (χ2v) is 2.50. The fraction of sp³-hybridized carbons (Fsp3) is 0.143. The molecule has 12 heavy (non-hydrogen) atoms. The lowest BCUT2D eigenvalue weighted by molar-refractivity contribution is 0.168. The van der Waals surface area contributed by atoms with Gasteiger partial charge in [0.1, 0.15) is 0 Å². The molecular formula is C7H9N5. The number of nitrogens with one attached hydrogen (secondary N) is 1. The van der Waals surface area contributed by atoms with Crippen molar-refractivity contribution in [2.75, 3.05) is 0 Å². The molecule has 1 aliphatic rings. The van der Waals surface area contributed by atoms with Crippen LogP contribution in [0, 0.1) is 0 Å². The highest BCUT2D eigenvalue weighted by molar-refractivity contribution is 5.45. The summed E-state index contributed by atoms with van der Waals surface area (Å²) in [6, 6.07) is 7.82. The Morgan fingerprint density at radius 3 is 3.08 bits per heavy atom. The predicted octanol–water partition coefficient (Wildman–Crippen LogP) is 0.879. The highest BCUT2D eigenvalue weighted by Crippen LogP contribution is 2.23. The predicted molar refractivity (Wildman–Crippen MR) is 43.8 cm³/mol. The molecule has 1 aliphatic heterocycles. The van der Waals surface area contributed by atoms with Crippen molar-refractivity contribution in [2.45, 2.75) is 6.54 Å². The second kappa shape index (κ2) is 2.88. The third kappa shape index (κ3) is 1.15. The minimum atomic E-state index is 0.649. The molecule has 1 heterocycles. The van der Waals surface area contributed by atoms with Gasteiger partial charge in [0.05, 0.1) is 12.2 Å². The second-order valence-electron chi connectivity index (χ2n) is 2.50. The van der Waals surface area contributed by atoms with E-state index in [2.05, 4.69) is 15.9 Å². The number of nitrogens with zero attached hydrogens (tertiary/aromatic N) is 3. The number of hydrazine groups is 2. The van der Waals surface area contributed by atoms with Crippen LogP contribution in [0.25, 0.3) is 0 Å². The fourth-order valence-corrected chi connectivity index (χ4v) is 1.11. The number of hydrogen-bond donors (Lipinski definition) is 2. The van der Waals surface area contributed by atoms with Crippen molar-refractivity contribution < 1.29 is 0 Å². The lowest BCUT2D eigenvalue weighted by atomic mass is 10.2. The van der Waals surface area contributed by atoms with E-state index >= 15 is 0 Å². The molecule has 0 unspecified atom stereocenters. The number of fused-ring (bicyclic) bond motifs is 1. The summed E-state index contributed by atoms with van der Waals surface area (Å²) in [4.78, 5) is 0. The van der Waals surface area contributed by atoms with Crippen molar-refractivity contribution in [3.05, 3.63) is 29.8 Å². The standard InChI is InChI=1S/C7H9N5/c8-10-12-5-6-3-1-2-4-7(6)9-11-12/h1-4,10H,5,8H2. The molecule has 0 spiro atoms. The van der Waals surface area contributed by atoms with Crippen molar-refractivity contribution in [1.29, 1.82) is 0 Å². The maximum absolute atomic E-state index is 5.18. The highest BCUT2D eigenvalue weighted by atomic mass is 15.8. The van der Waals surface area contributed by atoms with E-state index in [0.717, 1.165) is 11.3 Å². The van der Waals surface area contributed by atoms with Gasteiger partial charge < -0.3 is 0 Å². The molecule has 0 aliphatic carbocycles. The molecule has 0 saturated carbocycles. The minimum Gasteiger partial charge on any atom is -0.252 e. The largest absolute Gasteiger partial charge is 0.252 e. The zero-order valence-electron chi connectivity index (χ0n) is 6.44. The van der Waals surface area contributed by atoms with E-state index in [0.29, 0.717) is 6.54 Å². The first-order valence-corrected chi connectivity index (χ1v) is 3.63. The Bertz CT molecular complexity index is 308. The van der Waals surface area contributed by atoms with E-state index in [1.807, 2.05) is 24.3 Å². The molecule has 1 aromatic rings. The first kappa shape index (κ1) is 7.20. The van der Waals surface area contributed by atoms with E-state index in [4.69, 9.17) is 5.84 Å². The Kier molecular flexibility index (Phi) is 1.73. The van der Waals surface area contributed by atoms with Crippen LogP contribution in [0.5, 0.6) is 0 Å². The summed E-state index contributed by atoms with van der Waals surface area (Å²) < 4.78 is 0. The Morgan fingerprint density at radius 1 is 1.42 bits per heavy atom. The summed E-state index contributed by atoms with van der Waals surface area (Å²) in [5, 5.41) is 9.24. The van der Waals surface area contributed by atoms with Gasteiger partial charge in [0.15, 0.2) is 0 Å². The van der Waals surface area contributed by atoms with Crippen LogP contribution in [0.4, 0.5) is 5.69 Å². The van der Waals surface area contributed by atoms with Gasteiger partial charge in [0, 0.05) is 5.56 Å². The van der Waals surface area contributed by atoms with Crippen molar-refractivity contribution in [2.24, 2.45) is 16.2 Å². The molecular weight excluding hydrogens is 154 g/mol. The zero-order chi connectivity index (χ0) is 8.39. The van der Waals surface area contributed by atoms with Crippen LogP contribution in [-0.2, 0) is 6.54 Å². The summed E-state index contributed by atoms with van der Waals surface area (Å²) in [6.07, 6.45) is 0. The zero-order valence-corrected chi connectivity index (χ0v) is 6.44. The van der Waals surface area contributed by atoms with Gasteiger partial charge in [-0.25, -0.2) is 0 Å². The van der Waals surface area contributed by atoms with Crippen LogP contribution in [0.3, 0.4) is 0 Å². The lowest BCUT2D eigenvalue weighted by Gasteiger charge is -2.19. The van der Waals surface area contributed by atoms with Crippen molar-refractivity contribution >= 4 is 5.69 Å². The summed E-state index contributed by atoms with van der Waals surface area (Å²) in [5.41, 5.74) is 4.44. The average Bonchev–Trinajstić information content (AvgIpc) is 2.17. The van der Waals surface area contributed by atoms with Crippen molar-refractivity contribution in [1.82, 2.24) is 10.7 Å². The highest BCUT2D eigenvalue weighted by Gasteiger charge is 2.10. The Balaban J connectivity index is 2.33. The molecule has 62 valence electrons. The number of hydrogen-bond acceptors (Lipinski definition) is 5. The van der Waals surface area contributed by atoms with Gasteiger partial charge in [-0.2, -0.15) is 10.7 Å². The number of benzene rings is 1. The van der Waals surface area contributed by atoms with Gasteiger partial charge in [-0.05, 0) is 6.07 Å². The monoisotopic (exact) mass is 163 g/mol. The van der Waals surface area contributed by atoms with Gasteiger partial charge in [-0.1, -0.05) is 23.4 Å². The van der Waals surface area contributed by atoms with E-state index in [1.165, 1.54) is 5.12 Å². The molecule has 3 N–H and O–H groups in total. The van der Waals surface area contributed by atoms with Gasteiger partial charge in [0.2, 0.25) is 0 Å². The number of nitrogens with two attached hydrogens (primary N) is 1. The summed E-state index contributed by atoms with van der Waals surface area (Å²) in [5.74, 6) is 5.18. The van der Waals surface area contributed by atoms with Crippen LogP contribution >= 0.6 is 0 Å². The Morgan fingerprint density at radius 2 is 2.25 bits per heavy atom. The van der Waals surface area contributed by atoms with E-state index < -0.39 is 0 Å². The van der Waals surface area contributed by atoms with Gasteiger partial charge in [-0.15, -0.1) is 5.11 Å². The van der Waals surface area contributed by atoms with Gasteiger partial charge in [-0.3, -0.25) is 5.84 Å². The minimum absolute atomic E-state index is 0.649.